The van der Waals surface area contributed by atoms with Crippen LogP contribution >= 0.6 is 0 Å². The molecular formula is C24H22O4S2Zn. The van der Waals surface area contributed by atoms with Gasteiger partial charge in [-0.2, -0.15) is 0 Å². The molecule has 0 unspecified atom stereocenters. The van der Waals surface area contributed by atoms with Crippen molar-refractivity contribution in [2.75, 3.05) is 0 Å². The molecule has 0 amide bonds. The summed E-state index contributed by atoms with van der Waals surface area (Å²) in [5.74, 6) is 0. The molecule has 0 radical (unpaired) electrons. The van der Waals surface area contributed by atoms with Gasteiger partial charge < -0.3 is 9.11 Å². The van der Waals surface area contributed by atoms with Crippen LogP contribution in [-0.4, -0.2) is 17.5 Å². The second-order valence-electron chi connectivity index (χ2n) is 6.45. The maximum Gasteiger partial charge on any atom is 2.00 e. The Labute approximate surface area is 197 Å². The molecule has 0 aliphatic rings. The molecule has 4 nitrogen and oxygen atoms in total. The molecule has 0 heterocycles. The van der Waals surface area contributed by atoms with Crippen molar-refractivity contribution in [2.45, 2.75) is 19.6 Å². The Morgan fingerprint density at radius 2 is 0.548 bits per heavy atom. The van der Waals surface area contributed by atoms with Crippen LogP contribution in [0.25, 0.3) is 0 Å². The fourth-order valence-electron chi connectivity index (χ4n) is 2.80. The van der Waals surface area contributed by atoms with Crippen molar-refractivity contribution in [1.82, 2.24) is 0 Å². The third kappa shape index (κ3) is 6.36. The van der Waals surface area contributed by atoms with Gasteiger partial charge >= 0.3 is 19.5 Å². The van der Waals surface area contributed by atoms with Gasteiger partial charge in [-0.25, -0.2) is 8.42 Å². The Morgan fingerprint density at radius 3 is 0.710 bits per heavy atom. The van der Waals surface area contributed by atoms with Crippen molar-refractivity contribution in [2.24, 2.45) is 0 Å². The second-order valence-corrected chi connectivity index (χ2v) is 10.7. The average molecular weight is 504 g/mol. The van der Waals surface area contributed by atoms with E-state index in [9.17, 15) is 17.5 Å². The molecule has 156 valence electrons. The number of thiol groups is 2. The SMILES string of the molecule is O=[SH]([O-])(c1ccccc1)c1ccccc1.O=[SH]([O-])(c1ccccc1)c1ccccc1.[Zn+2]. The Bertz CT molecular complexity index is 973. The first-order valence-electron chi connectivity index (χ1n) is 9.27. The van der Waals surface area contributed by atoms with Crippen LogP contribution in [0.4, 0.5) is 0 Å². The monoisotopic (exact) mass is 502 g/mol. The summed E-state index contributed by atoms with van der Waals surface area (Å²) in [6, 6.07) is 33.9. The molecule has 4 aromatic carbocycles. The second kappa shape index (κ2) is 11.4. The number of benzene rings is 4. The van der Waals surface area contributed by atoms with Gasteiger partial charge in [0, 0.05) is 19.6 Å². The third-order valence-electron chi connectivity index (χ3n) is 4.38. The predicted octanol–water partition coefficient (Wildman–Crippen LogP) is 4.50. The standard InChI is InChI=1S/2C12H12O2S.Zn/c2*13-15(14,11-7-3-1-4-8-11)12-9-5-2-6-10-12;/h2*1-10,15H,(H,13,14);/q;;+2/p-2. The van der Waals surface area contributed by atoms with E-state index < -0.39 is 20.4 Å². The molecule has 31 heavy (non-hydrogen) atoms. The molecule has 0 fully saturated rings. The topological polar surface area (TPSA) is 80.3 Å². The van der Waals surface area contributed by atoms with Crippen LogP contribution in [0.3, 0.4) is 0 Å². The van der Waals surface area contributed by atoms with E-state index in [2.05, 4.69) is 0 Å². The van der Waals surface area contributed by atoms with Crippen LogP contribution in [0.15, 0.2) is 141 Å². The normalized spacial score (nSPS) is 11.9. The van der Waals surface area contributed by atoms with Crippen molar-refractivity contribution in [3.8, 4) is 0 Å². The molecule has 0 saturated carbocycles. The van der Waals surface area contributed by atoms with E-state index in [1.165, 1.54) is 0 Å². The van der Waals surface area contributed by atoms with E-state index in [1.807, 2.05) is 0 Å². The summed E-state index contributed by atoms with van der Waals surface area (Å²) >= 11 is 0. The van der Waals surface area contributed by atoms with Gasteiger partial charge in [-0.15, -0.1) is 0 Å². The summed E-state index contributed by atoms with van der Waals surface area (Å²) in [6.07, 6.45) is 0. The summed E-state index contributed by atoms with van der Waals surface area (Å²) in [5.41, 5.74) is 0. The predicted molar refractivity (Wildman–Crippen MR) is 119 cm³/mol. The van der Waals surface area contributed by atoms with Crippen LogP contribution in [0.2, 0.25) is 0 Å². The summed E-state index contributed by atoms with van der Waals surface area (Å²) in [4.78, 5) is 1.43. The Morgan fingerprint density at radius 1 is 0.387 bits per heavy atom. The number of hydrogen-bond acceptors (Lipinski definition) is 4. The largest absolute Gasteiger partial charge is 2.00 e. The number of rotatable bonds is 4. The molecule has 0 atom stereocenters. The van der Waals surface area contributed by atoms with E-state index in [1.54, 1.807) is 121 Å². The molecule has 0 aromatic heterocycles. The minimum atomic E-state index is -3.65. The summed E-state index contributed by atoms with van der Waals surface area (Å²) in [5, 5.41) is 0. The number of sulfone groups is 2. The average Bonchev–Trinajstić information content (AvgIpc) is 2.82. The van der Waals surface area contributed by atoms with Crippen molar-refractivity contribution >= 4 is 20.4 Å². The fraction of sp³-hybridized carbons (Fsp3) is 0. The molecule has 4 rings (SSSR count). The summed E-state index contributed by atoms with van der Waals surface area (Å²) in [6.45, 7) is 0. The van der Waals surface area contributed by atoms with E-state index in [-0.39, 0.29) is 19.5 Å². The maximum atomic E-state index is 12.1. The zero-order valence-electron chi connectivity index (χ0n) is 16.8. The van der Waals surface area contributed by atoms with E-state index >= 15 is 0 Å². The zero-order valence-corrected chi connectivity index (χ0v) is 21.5. The molecule has 0 bridgehead atoms. The molecule has 4 aromatic rings. The first-order chi connectivity index (χ1) is 14.4. The van der Waals surface area contributed by atoms with E-state index in [0.29, 0.717) is 19.6 Å². The first kappa shape index (κ1) is 25.0. The smallest absolute Gasteiger partial charge is 0.764 e. The van der Waals surface area contributed by atoms with Gasteiger partial charge in [0.25, 0.3) is 0 Å². The van der Waals surface area contributed by atoms with Crippen LogP contribution in [-0.2, 0) is 39.9 Å². The van der Waals surface area contributed by atoms with Gasteiger partial charge in [-0.3, -0.25) is 20.4 Å². The summed E-state index contributed by atoms with van der Waals surface area (Å²) < 4.78 is 48.2. The van der Waals surface area contributed by atoms with E-state index in [0.717, 1.165) is 0 Å². The van der Waals surface area contributed by atoms with Crippen molar-refractivity contribution in [3.63, 3.8) is 0 Å². The third-order valence-corrected chi connectivity index (χ3v) is 8.30. The van der Waals surface area contributed by atoms with Gasteiger partial charge in [-0.1, -0.05) is 72.8 Å². The van der Waals surface area contributed by atoms with Crippen LogP contribution in [0.5, 0.6) is 0 Å². The van der Waals surface area contributed by atoms with Gasteiger partial charge in [-0.05, 0) is 48.5 Å². The molecule has 7 heteroatoms. The van der Waals surface area contributed by atoms with Gasteiger partial charge in [0.05, 0.1) is 0 Å². The number of hydrogen-bond donors (Lipinski definition) is 2. The molecule has 0 N–H and O–H groups in total. The van der Waals surface area contributed by atoms with Crippen molar-refractivity contribution < 1.29 is 37.0 Å². The van der Waals surface area contributed by atoms with E-state index in [4.69, 9.17) is 0 Å². The molecule has 0 saturated heterocycles. The van der Waals surface area contributed by atoms with Crippen LogP contribution < -0.4 is 0 Å². The Balaban J connectivity index is 0.000000213. The van der Waals surface area contributed by atoms with Crippen LogP contribution in [0, 0.1) is 0 Å². The quantitative estimate of drug-likeness (QED) is 0.317. The molecular weight excluding hydrogens is 482 g/mol. The van der Waals surface area contributed by atoms with Crippen molar-refractivity contribution in [1.29, 1.82) is 0 Å². The molecule has 0 spiro atoms. The Kier molecular flexibility index (Phi) is 9.17. The minimum absolute atomic E-state index is 0. The fourth-order valence-corrected chi connectivity index (χ4v) is 5.65. The molecule has 0 aliphatic heterocycles. The zero-order chi connectivity index (χ0) is 21.5. The van der Waals surface area contributed by atoms with Gasteiger partial charge in [0.2, 0.25) is 0 Å². The Hall–Kier alpha value is -2.28. The van der Waals surface area contributed by atoms with Crippen LogP contribution in [0.1, 0.15) is 0 Å². The molecule has 0 aliphatic carbocycles. The minimum Gasteiger partial charge on any atom is -0.764 e. The summed E-state index contributed by atoms with van der Waals surface area (Å²) in [7, 11) is -7.29. The maximum absolute atomic E-state index is 12.1. The first-order valence-corrected chi connectivity index (χ1v) is 12.5. The van der Waals surface area contributed by atoms with Gasteiger partial charge in [0.1, 0.15) is 0 Å². The van der Waals surface area contributed by atoms with Crippen molar-refractivity contribution in [3.05, 3.63) is 121 Å². The van der Waals surface area contributed by atoms with Gasteiger partial charge in [0.15, 0.2) is 0 Å².